The molecule has 1 aromatic carbocycles. The Kier molecular flexibility index (Phi) is 5.83. The van der Waals surface area contributed by atoms with E-state index in [1.54, 1.807) is 19.1 Å². The van der Waals surface area contributed by atoms with Gasteiger partial charge in [-0.1, -0.05) is 13.3 Å². The maximum absolute atomic E-state index is 11.3. The van der Waals surface area contributed by atoms with Crippen LogP contribution in [0.2, 0.25) is 0 Å². The van der Waals surface area contributed by atoms with Gasteiger partial charge in [0.05, 0.1) is 11.6 Å². The van der Waals surface area contributed by atoms with E-state index in [0.29, 0.717) is 23.2 Å². The van der Waals surface area contributed by atoms with Gasteiger partial charge in [0.15, 0.2) is 11.5 Å². The maximum Gasteiger partial charge on any atom is 0.323 e. The lowest BCUT2D eigenvalue weighted by molar-refractivity contribution is -0.144. The minimum atomic E-state index is -0.966. The number of aliphatic carboxylic acids is 1. The standard InChI is InChI=1S/C14H20BrNO4/c1-4-5-14(2,13(18)19)16-8-9-6-10(15)12(17)11(7-9)20-3/h6-7,16-17H,4-5,8H2,1-3H3,(H,18,19). The van der Waals surface area contributed by atoms with Crippen LogP contribution in [0.5, 0.6) is 11.5 Å². The molecule has 0 aliphatic carbocycles. The Morgan fingerprint density at radius 1 is 1.50 bits per heavy atom. The molecular formula is C14H20BrNO4. The van der Waals surface area contributed by atoms with Crippen LogP contribution < -0.4 is 10.1 Å². The van der Waals surface area contributed by atoms with Crippen LogP contribution in [0.4, 0.5) is 0 Å². The number of methoxy groups -OCH3 is 1. The topological polar surface area (TPSA) is 78.8 Å². The monoisotopic (exact) mass is 345 g/mol. The molecule has 0 aliphatic heterocycles. The van der Waals surface area contributed by atoms with Gasteiger partial charge < -0.3 is 14.9 Å². The van der Waals surface area contributed by atoms with E-state index in [1.807, 2.05) is 6.92 Å². The van der Waals surface area contributed by atoms with Crippen LogP contribution in [0.1, 0.15) is 32.3 Å². The van der Waals surface area contributed by atoms with Crippen LogP contribution in [0, 0.1) is 0 Å². The van der Waals surface area contributed by atoms with Crippen molar-refractivity contribution in [2.45, 2.75) is 38.8 Å². The second-order valence-corrected chi connectivity index (χ2v) is 5.72. The normalized spacial score (nSPS) is 13.8. The molecule has 3 N–H and O–H groups in total. The van der Waals surface area contributed by atoms with Crippen LogP contribution in [-0.4, -0.2) is 28.8 Å². The van der Waals surface area contributed by atoms with E-state index in [1.165, 1.54) is 7.11 Å². The molecule has 1 atom stereocenters. The molecule has 0 spiro atoms. The number of phenolic OH excluding ortho intramolecular Hbond substituents is 1. The van der Waals surface area contributed by atoms with Crippen LogP contribution in [0.25, 0.3) is 0 Å². The molecule has 112 valence electrons. The lowest BCUT2D eigenvalue weighted by Gasteiger charge is -2.26. The number of aromatic hydroxyl groups is 1. The summed E-state index contributed by atoms with van der Waals surface area (Å²) in [5, 5.41) is 22.1. The summed E-state index contributed by atoms with van der Waals surface area (Å²) in [7, 11) is 1.47. The minimum absolute atomic E-state index is 0.0332. The first kappa shape index (κ1) is 16.8. The third kappa shape index (κ3) is 3.86. The lowest BCUT2D eigenvalue weighted by atomic mass is 9.96. The van der Waals surface area contributed by atoms with E-state index in [0.717, 1.165) is 12.0 Å². The van der Waals surface area contributed by atoms with Crippen LogP contribution in [0.15, 0.2) is 16.6 Å². The fraction of sp³-hybridized carbons (Fsp3) is 0.500. The van der Waals surface area contributed by atoms with Crippen molar-refractivity contribution in [3.63, 3.8) is 0 Å². The number of carbonyl (C=O) groups is 1. The number of ether oxygens (including phenoxy) is 1. The van der Waals surface area contributed by atoms with E-state index in [-0.39, 0.29) is 5.75 Å². The molecule has 20 heavy (non-hydrogen) atoms. The predicted octanol–water partition coefficient (Wildman–Crippen LogP) is 2.90. The molecule has 0 aromatic heterocycles. The predicted molar refractivity (Wildman–Crippen MR) is 80.1 cm³/mol. The van der Waals surface area contributed by atoms with E-state index < -0.39 is 11.5 Å². The zero-order valence-corrected chi connectivity index (χ0v) is 13.5. The number of phenols is 1. The van der Waals surface area contributed by atoms with Gasteiger partial charge in [-0.3, -0.25) is 10.1 Å². The highest BCUT2D eigenvalue weighted by Gasteiger charge is 2.31. The van der Waals surface area contributed by atoms with Crippen molar-refractivity contribution in [3.05, 3.63) is 22.2 Å². The number of halogens is 1. The molecule has 0 saturated heterocycles. The largest absolute Gasteiger partial charge is 0.503 e. The number of carboxylic acid groups (broad SMARTS) is 1. The molecule has 0 amide bonds. The van der Waals surface area contributed by atoms with Gasteiger partial charge in [-0.15, -0.1) is 0 Å². The summed E-state index contributed by atoms with van der Waals surface area (Å²) in [4.78, 5) is 11.3. The molecule has 1 unspecified atom stereocenters. The van der Waals surface area contributed by atoms with Crippen LogP contribution >= 0.6 is 15.9 Å². The molecule has 1 aromatic rings. The van der Waals surface area contributed by atoms with Crippen LogP contribution in [0.3, 0.4) is 0 Å². The minimum Gasteiger partial charge on any atom is -0.503 e. The van der Waals surface area contributed by atoms with Gasteiger partial charge >= 0.3 is 5.97 Å². The summed E-state index contributed by atoms with van der Waals surface area (Å²) >= 11 is 3.24. The van der Waals surface area contributed by atoms with E-state index in [4.69, 9.17) is 4.74 Å². The molecule has 0 bridgehead atoms. The summed E-state index contributed by atoms with van der Waals surface area (Å²) in [6.07, 6.45) is 1.32. The summed E-state index contributed by atoms with van der Waals surface area (Å²) in [6.45, 7) is 3.99. The summed E-state index contributed by atoms with van der Waals surface area (Å²) in [6, 6.07) is 3.42. The van der Waals surface area contributed by atoms with Gasteiger partial charge in [-0.2, -0.15) is 0 Å². The molecule has 0 radical (unpaired) electrons. The van der Waals surface area contributed by atoms with Crippen molar-refractivity contribution in [1.29, 1.82) is 0 Å². The Morgan fingerprint density at radius 3 is 2.65 bits per heavy atom. The first-order valence-electron chi connectivity index (χ1n) is 6.38. The Balaban J connectivity index is 2.89. The first-order valence-corrected chi connectivity index (χ1v) is 7.17. The Morgan fingerprint density at radius 2 is 2.15 bits per heavy atom. The Labute approximate surface area is 127 Å². The number of benzene rings is 1. The fourth-order valence-electron chi connectivity index (χ4n) is 1.95. The van der Waals surface area contributed by atoms with Gasteiger partial charge in [-0.25, -0.2) is 0 Å². The number of carboxylic acids is 1. The van der Waals surface area contributed by atoms with Crippen molar-refractivity contribution in [1.82, 2.24) is 5.32 Å². The SMILES string of the molecule is CCCC(C)(NCc1cc(Br)c(O)c(OC)c1)C(=O)O. The highest BCUT2D eigenvalue weighted by Crippen LogP contribution is 2.35. The van der Waals surface area contributed by atoms with Gasteiger partial charge in [0.2, 0.25) is 0 Å². The maximum atomic E-state index is 11.3. The average Bonchev–Trinajstić information content (AvgIpc) is 2.40. The van der Waals surface area contributed by atoms with Crippen LogP contribution in [-0.2, 0) is 11.3 Å². The zero-order valence-electron chi connectivity index (χ0n) is 11.9. The lowest BCUT2D eigenvalue weighted by Crippen LogP contribution is -2.48. The first-order chi connectivity index (χ1) is 9.34. The highest BCUT2D eigenvalue weighted by atomic mass is 79.9. The molecule has 1 rings (SSSR count). The second kappa shape index (κ2) is 6.95. The smallest absolute Gasteiger partial charge is 0.323 e. The van der Waals surface area contributed by atoms with Crippen molar-refractivity contribution in [2.24, 2.45) is 0 Å². The summed E-state index contributed by atoms with van der Waals surface area (Å²) in [5.41, 5.74) is -0.137. The quantitative estimate of drug-likeness (QED) is 0.708. The number of hydrogen-bond donors (Lipinski definition) is 3. The Hall–Kier alpha value is -1.27. The summed E-state index contributed by atoms with van der Waals surface area (Å²) < 4.78 is 5.58. The number of nitrogens with one attached hydrogen (secondary N) is 1. The highest BCUT2D eigenvalue weighted by molar-refractivity contribution is 9.10. The molecule has 6 heteroatoms. The molecular weight excluding hydrogens is 326 g/mol. The van der Waals surface area contributed by atoms with Crippen molar-refractivity contribution in [3.8, 4) is 11.5 Å². The summed E-state index contributed by atoms with van der Waals surface area (Å²) in [5.74, 6) is -0.487. The van der Waals surface area contributed by atoms with Gasteiger partial charge in [0.25, 0.3) is 0 Å². The van der Waals surface area contributed by atoms with E-state index >= 15 is 0 Å². The van der Waals surface area contributed by atoms with Crippen molar-refractivity contribution < 1.29 is 19.7 Å². The molecule has 0 heterocycles. The Bertz CT molecular complexity index is 492. The average molecular weight is 346 g/mol. The molecule has 0 saturated carbocycles. The molecule has 0 fully saturated rings. The molecule has 0 aliphatic rings. The van der Waals surface area contributed by atoms with Gasteiger partial charge in [0.1, 0.15) is 5.54 Å². The third-order valence-corrected chi connectivity index (χ3v) is 3.82. The van der Waals surface area contributed by atoms with Crippen molar-refractivity contribution in [2.75, 3.05) is 7.11 Å². The third-order valence-electron chi connectivity index (χ3n) is 3.21. The zero-order chi connectivity index (χ0) is 15.3. The number of hydrogen-bond acceptors (Lipinski definition) is 4. The molecule has 5 nitrogen and oxygen atoms in total. The van der Waals surface area contributed by atoms with E-state index in [2.05, 4.69) is 21.2 Å². The fourth-order valence-corrected chi connectivity index (χ4v) is 2.44. The van der Waals surface area contributed by atoms with Gasteiger partial charge in [-0.05, 0) is 47.0 Å². The second-order valence-electron chi connectivity index (χ2n) is 4.87. The van der Waals surface area contributed by atoms with Gasteiger partial charge in [0, 0.05) is 6.54 Å². The van der Waals surface area contributed by atoms with E-state index in [9.17, 15) is 15.0 Å². The number of rotatable bonds is 7. The van der Waals surface area contributed by atoms with Crippen molar-refractivity contribution >= 4 is 21.9 Å².